The first-order valence-corrected chi connectivity index (χ1v) is 5.56. The van der Waals surface area contributed by atoms with Gasteiger partial charge in [-0.2, -0.15) is 11.8 Å². The number of nitrogens with one attached hydrogen (secondary N) is 1. The molecule has 2 heterocycles. The topological polar surface area (TPSA) is 55.6 Å². The fraction of sp³-hybridized carbons (Fsp3) is 0.857. The minimum Gasteiger partial charge on any atom is -0.313 e. The van der Waals surface area contributed by atoms with E-state index in [9.17, 15) is 0 Å². The van der Waals surface area contributed by atoms with Gasteiger partial charge in [-0.3, -0.25) is 0 Å². The molecule has 0 amide bonds. The fourth-order valence-corrected chi connectivity index (χ4v) is 2.67. The molecule has 1 aromatic heterocycles. The second-order valence-corrected chi connectivity index (χ2v) is 4.24. The smallest absolute Gasteiger partial charge is 0.165 e. The molecule has 1 aliphatic heterocycles. The molecule has 0 saturated carbocycles. The van der Waals surface area contributed by atoms with Gasteiger partial charge in [-0.1, -0.05) is 0 Å². The summed E-state index contributed by atoms with van der Waals surface area (Å²) in [5.74, 6) is 3.31. The number of nitrogens with zero attached hydrogens (tertiary/aromatic N) is 4. The predicted molar refractivity (Wildman–Crippen MR) is 51.6 cm³/mol. The van der Waals surface area contributed by atoms with E-state index in [4.69, 9.17) is 0 Å². The maximum atomic E-state index is 4.02. The zero-order chi connectivity index (χ0) is 9.10. The van der Waals surface area contributed by atoms with Gasteiger partial charge in [0, 0.05) is 5.75 Å². The highest BCUT2D eigenvalue weighted by Gasteiger charge is 2.21. The Morgan fingerprint density at radius 3 is 3.31 bits per heavy atom. The van der Waals surface area contributed by atoms with Crippen LogP contribution in [-0.4, -0.2) is 38.8 Å². The summed E-state index contributed by atoms with van der Waals surface area (Å²) in [5, 5.41) is 14.8. The summed E-state index contributed by atoms with van der Waals surface area (Å²) in [7, 11) is 1.91. The highest BCUT2D eigenvalue weighted by Crippen LogP contribution is 2.27. The van der Waals surface area contributed by atoms with Crippen LogP contribution in [0.15, 0.2) is 0 Å². The van der Waals surface area contributed by atoms with Crippen molar-refractivity contribution in [1.82, 2.24) is 25.5 Å². The van der Waals surface area contributed by atoms with E-state index in [2.05, 4.69) is 20.8 Å². The SMILES string of the molecule is CNCc1nnnn1C1CCSC1. The Kier molecular flexibility index (Phi) is 2.80. The minimum absolute atomic E-state index is 0.503. The molecule has 1 fully saturated rings. The maximum Gasteiger partial charge on any atom is 0.165 e. The van der Waals surface area contributed by atoms with Crippen molar-refractivity contribution in [3.63, 3.8) is 0 Å². The van der Waals surface area contributed by atoms with Crippen molar-refractivity contribution in [3.8, 4) is 0 Å². The predicted octanol–water partition coefficient (Wildman–Crippen LogP) is 0.0705. The highest BCUT2D eigenvalue weighted by atomic mass is 32.2. The summed E-state index contributed by atoms with van der Waals surface area (Å²) < 4.78 is 1.95. The standard InChI is InChI=1S/C7H13N5S/c1-8-4-7-9-10-11-12(7)6-2-3-13-5-6/h6,8H,2-5H2,1H3. The molecule has 0 spiro atoms. The second-order valence-electron chi connectivity index (χ2n) is 3.09. The van der Waals surface area contributed by atoms with Gasteiger partial charge in [0.1, 0.15) is 0 Å². The molecule has 0 aliphatic carbocycles. The summed E-state index contributed by atoms with van der Waals surface area (Å²) in [4.78, 5) is 0. The van der Waals surface area contributed by atoms with Gasteiger partial charge in [0.2, 0.25) is 0 Å². The molecule has 0 radical (unpaired) electrons. The van der Waals surface area contributed by atoms with Crippen molar-refractivity contribution < 1.29 is 0 Å². The van der Waals surface area contributed by atoms with Gasteiger partial charge in [-0.05, 0) is 29.6 Å². The molecular formula is C7H13N5S. The van der Waals surface area contributed by atoms with Crippen LogP contribution in [0.3, 0.4) is 0 Å². The van der Waals surface area contributed by atoms with Gasteiger partial charge in [-0.25, -0.2) is 4.68 Å². The van der Waals surface area contributed by atoms with E-state index in [1.54, 1.807) is 0 Å². The molecular weight excluding hydrogens is 186 g/mol. The third-order valence-electron chi connectivity index (χ3n) is 2.15. The lowest BCUT2D eigenvalue weighted by Crippen LogP contribution is -2.17. The lowest BCUT2D eigenvalue weighted by molar-refractivity contribution is 0.463. The first kappa shape index (κ1) is 8.96. The number of rotatable bonds is 3. The van der Waals surface area contributed by atoms with Crippen molar-refractivity contribution in [3.05, 3.63) is 5.82 Å². The van der Waals surface area contributed by atoms with Crippen LogP contribution in [0.25, 0.3) is 0 Å². The molecule has 1 atom stereocenters. The van der Waals surface area contributed by atoms with Crippen LogP contribution >= 0.6 is 11.8 Å². The Bertz CT molecular complexity index is 268. The second kappa shape index (κ2) is 4.06. The molecule has 13 heavy (non-hydrogen) atoms. The van der Waals surface area contributed by atoms with Crippen LogP contribution in [0.1, 0.15) is 18.3 Å². The molecule has 1 aromatic rings. The third kappa shape index (κ3) is 1.83. The fourth-order valence-electron chi connectivity index (χ4n) is 1.49. The maximum absolute atomic E-state index is 4.02. The van der Waals surface area contributed by atoms with E-state index in [0.717, 1.165) is 18.1 Å². The number of aromatic nitrogens is 4. The van der Waals surface area contributed by atoms with Gasteiger partial charge in [0.05, 0.1) is 12.6 Å². The largest absolute Gasteiger partial charge is 0.313 e. The summed E-state index contributed by atoms with van der Waals surface area (Å²) in [5.41, 5.74) is 0. The number of thioether (sulfide) groups is 1. The van der Waals surface area contributed by atoms with Crippen molar-refractivity contribution in [2.75, 3.05) is 18.6 Å². The first-order valence-electron chi connectivity index (χ1n) is 4.41. The quantitative estimate of drug-likeness (QED) is 0.746. The number of tetrazole rings is 1. The molecule has 1 N–H and O–H groups in total. The van der Waals surface area contributed by atoms with Crippen molar-refractivity contribution in [2.45, 2.75) is 19.0 Å². The molecule has 72 valence electrons. The minimum atomic E-state index is 0.503. The summed E-state index contributed by atoms with van der Waals surface area (Å²) >= 11 is 1.97. The monoisotopic (exact) mass is 199 g/mol. The Balaban J connectivity index is 2.13. The van der Waals surface area contributed by atoms with Crippen LogP contribution < -0.4 is 5.32 Å². The number of hydrogen-bond acceptors (Lipinski definition) is 5. The van der Waals surface area contributed by atoms with Gasteiger partial charge < -0.3 is 5.32 Å². The zero-order valence-corrected chi connectivity index (χ0v) is 8.42. The lowest BCUT2D eigenvalue weighted by atomic mass is 10.3. The number of hydrogen-bond donors (Lipinski definition) is 1. The molecule has 0 aromatic carbocycles. The van der Waals surface area contributed by atoms with Crippen LogP contribution in [-0.2, 0) is 6.54 Å². The van der Waals surface area contributed by atoms with E-state index in [0.29, 0.717) is 6.04 Å². The van der Waals surface area contributed by atoms with Crippen LogP contribution in [0, 0.1) is 0 Å². The van der Waals surface area contributed by atoms with Crippen LogP contribution in [0.5, 0.6) is 0 Å². The zero-order valence-electron chi connectivity index (χ0n) is 7.60. The van der Waals surface area contributed by atoms with E-state index in [-0.39, 0.29) is 0 Å². The first-order chi connectivity index (χ1) is 6.42. The Labute approximate surface area is 81.3 Å². The van der Waals surface area contributed by atoms with Crippen molar-refractivity contribution in [2.24, 2.45) is 0 Å². The summed E-state index contributed by atoms with van der Waals surface area (Å²) in [6, 6.07) is 0.503. The van der Waals surface area contributed by atoms with E-state index in [1.165, 1.54) is 12.2 Å². The van der Waals surface area contributed by atoms with Crippen LogP contribution in [0.2, 0.25) is 0 Å². The highest BCUT2D eigenvalue weighted by molar-refractivity contribution is 7.99. The van der Waals surface area contributed by atoms with Crippen molar-refractivity contribution >= 4 is 11.8 Å². The van der Waals surface area contributed by atoms with E-state index < -0.39 is 0 Å². The van der Waals surface area contributed by atoms with Crippen LogP contribution in [0.4, 0.5) is 0 Å². The Morgan fingerprint density at radius 2 is 2.62 bits per heavy atom. The molecule has 5 nitrogen and oxygen atoms in total. The van der Waals surface area contributed by atoms with Gasteiger partial charge in [-0.15, -0.1) is 5.10 Å². The Morgan fingerprint density at radius 1 is 1.69 bits per heavy atom. The summed E-state index contributed by atoms with van der Waals surface area (Å²) in [6.07, 6.45) is 1.19. The normalized spacial score (nSPS) is 22.4. The molecule has 2 rings (SSSR count). The summed E-state index contributed by atoms with van der Waals surface area (Å²) in [6.45, 7) is 0.744. The third-order valence-corrected chi connectivity index (χ3v) is 3.29. The average molecular weight is 199 g/mol. The lowest BCUT2D eigenvalue weighted by Gasteiger charge is -2.09. The van der Waals surface area contributed by atoms with Gasteiger partial charge in [0.25, 0.3) is 0 Å². The Hall–Kier alpha value is -0.620. The molecule has 1 saturated heterocycles. The van der Waals surface area contributed by atoms with Gasteiger partial charge in [0.15, 0.2) is 5.82 Å². The molecule has 0 bridgehead atoms. The van der Waals surface area contributed by atoms with E-state index in [1.807, 2.05) is 23.5 Å². The molecule has 1 unspecified atom stereocenters. The van der Waals surface area contributed by atoms with Gasteiger partial charge >= 0.3 is 0 Å². The average Bonchev–Trinajstić information content (AvgIpc) is 2.71. The molecule has 6 heteroatoms. The van der Waals surface area contributed by atoms with Crippen molar-refractivity contribution in [1.29, 1.82) is 0 Å². The molecule has 1 aliphatic rings. The van der Waals surface area contributed by atoms with E-state index >= 15 is 0 Å².